The van der Waals surface area contributed by atoms with E-state index in [2.05, 4.69) is 5.10 Å². The highest BCUT2D eigenvalue weighted by molar-refractivity contribution is 5.85. The Morgan fingerprint density at radius 2 is 2.31 bits per heavy atom. The van der Waals surface area contributed by atoms with Crippen LogP contribution in [-0.4, -0.2) is 33.7 Å². The molecule has 2 unspecified atom stereocenters. The van der Waals surface area contributed by atoms with E-state index >= 15 is 0 Å². The van der Waals surface area contributed by atoms with Crippen LogP contribution < -0.4 is 5.73 Å². The molecule has 0 aliphatic rings. The van der Waals surface area contributed by atoms with Crippen molar-refractivity contribution in [3.63, 3.8) is 0 Å². The predicted octanol–water partition coefficient (Wildman–Crippen LogP) is -0.0374. The summed E-state index contributed by atoms with van der Waals surface area (Å²) >= 11 is 0. The average molecular weight is 210 g/mol. The fourth-order valence-corrected chi connectivity index (χ4v) is 0.861. The molecule has 13 heavy (non-hydrogen) atoms. The Kier molecular flexibility index (Phi) is 5.61. The molecule has 0 saturated heterocycles. The van der Waals surface area contributed by atoms with Crippen LogP contribution in [0.25, 0.3) is 0 Å². The Labute approximate surface area is 82.0 Å². The second-order valence-electron chi connectivity index (χ2n) is 2.61. The van der Waals surface area contributed by atoms with Gasteiger partial charge in [0.1, 0.15) is 6.67 Å². The van der Waals surface area contributed by atoms with E-state index in [0.29, 0.717) is 6.54 Å². The lowest BCUT2D eigenvalue weighted by Crippen LogP contribution is -2.39. The van der Waals surface area contributed by atoms with E-state index in [1.165, 1.54) is 0 Å². The van der Waals surface area contributed by atoms with Gasteiger partial charge in [-0.2, -0.15) is 5.10 Å². The average Bonchev–Trinajstić information content (AvgIpc) is 2.55. The van der Waals surface area contributed by atoms with Crippen molar-refractivity contribution in [2.24, 2.45) is 5.73 Å². The van der Waals surface area contributed by atoms with E-state index in [9.17, 15) is 4.39 Å². The molecule has 76 valence electrons. The molecule has 1 heterocycles. The zero-order valence-electron chi connectivity index (χ0n) is 7.01. The van der Waals surface area contributed by atoms with Crippen molar-refractivity contribution in [2.75, 3.05) is 6.67 Å². The molecule has 2 atom stereocenters. The smallest absolute Gasteiger partial charge is 0.117 e. The second-order valence-corrected chi connectivity index (χ2v) is 2.61. The van der Waals surface area contributed by atoms with Crippen molar-refractivity contribution in [3.8, 4) is 0 Å². The molecular formula is C7H13ClFN3O. The number of hydrogen-bond acceptors (Lipinski definition) is 3. The van der Waals surface area contributed by atoms with Gasteiger partial charge >= 0.3 is 0 Å². The molecule has 0 saturated carbocycles. The maximum atomic E-state index is 11.9. The van der Waals surface area contributed by atoms with Gasteiger partial charge in [-0.15, -0.1) is 12.4 Å². The highest BCUT2D eigenvalue weighted by atomic mass is 35.5. The maximum Gasteiger partial charge on any atom is 0.117 e. The third-order valence-electron chi connectivity index (χ3n) is 1.61. The van der Waals surface area contributed by atoms with Gasteiger partial charge in [-0.25, -0.2) is 4.39 Å². The van der Waals surface area contributed by atoms with Crippen LogP contribution in [0.4, 0.5) is 4.39 Å². The molecule has 0 aromatic carbocycles. The van der Waals surface area contributed by atoms with Gasteiger partial charge in [0, 0.05) is 12.4 Å². The van der Waals surface area contributed by atoms with Crippen molar-refractivity contribution in [2.45, 2.75) is 18.7 Å². The summed E-state index contributed by atoms with van der Waals surface area (Å²) in [5.74, 6) is 0. The van der Waals surface area contributed by atoms with Crippen molar-refractivity contribution in [1.29, 1.82) is 0 Å². The number of nitrogens with two attached hydrogens (primary N) is 1. The summed E-state index contributed by atoms with van der Waals surface area (Å²) in [6.07, 6.45) is 2.22. The topological polar surface area (TPSA) is 64.1 Å². The van der Waals surface area contributed by atoms with Gasteiger partial charge in [-0.05, 0) is 6.07 Å². The van der Waals surface area contributed by atoms with Gasteiger partial charge in [0.05, 0.1) is 18.7 Å². The first-order chi connectivity index (χ1) is 5.74. The molecule has 4 nitrogen and oxygen atoms in total. The number of nitrogens with zero attached hydrogens (tertiary/aromatic N) is 2. The highest BCUT2D eigenvalue weighted by Gasteiger charge is 2.14. The van der Waals surface area contributed by atoms with Gasteiger partial charge in [0.15, 0.2) is 0 Å². The van der Waals surface area contributed by atoms with Gasteiger partial charge in [-0.3, -0.25) is 4.68 Å². The summed E-state index contributed by atoms with van der Waals surface area (Å²) < 4.78 is 13.5. The Bertz CT molecular complexity index is 220. The first-order valence-electron chi connectivity index (χ1n) is 3.71. The SMILES string of the molecule is Cl.NC(Cn1cccn1)C(O)CF. The predicted molar refractivity (Wildman–Crippen MR) is 49.4 cm³/mol. The number of aliphatic hydroxyl groups excluding tert-OH is 1. The molecule has 3 N–H and O–H groups in total. The molecule has 0 bridgehead atoms. The molecule has 6 heteroatoms. The van der Waals surface area contributed by atoms with Crippen LogP contribution in [0, 0.1) is 0 Å². The fourth-order valence-electron chi connectivity index (χ4n) is 0.861. The lowest BCUT2D eigenvalue weighted by molar-refractivity contribution is 0.105. The first-order valence-corrected chi connectivity index (χ1v) is 3.71. The fraction of sp³-hybridized carbons (Fsp3) is 0.571. The Hall–Kier alpha value is -0.650. The van der Waals surface area contributed by atoms with Crippen LogP contribution >= 0.6 is 12.4 Å². The van der Waals surface area contributed by atoms with Crippen molar-refractivity contribution in [3.05, 3.63) is 18.5 Å². The summed E-state index contributed by atoms with van der Waals surface area (Å²) in [4.78, 5) is 0. The Morgan fingerprint density at radius 1 is 1.62 bits per heavy atom. The number of hydrogen-bond donors (Lipinski definition) is 2. The van der Waals surface area contributed by atoms with Gasteiger partial charge in [0.25, 0.3) is 0 Å². The third-order valence-corrected chi connectivity index (χ3v) is 1.61. The summed E-state index contributed by atoms with van der Waals surface area (Å²) in [5.41, 5.74) is 5.47. The summed E-state index contributed by atoms with van der Waals surface area (Å²) in [6, 6.07) is 1.14. The van der Waals surface area contributed by atoms with Crippen LogP contribution in [0.2, 0.25) is 0 Å². The highest BCUT2D eigenvalue weighted by Crippen LogP contribution is 1.95. The zero-order valence-corrected chi connectivity index (χ0v) is 7.82. The van der Waals surface area contributed by atoms with Crippen LogP contribution in [0.3, 0.4) is 0 Å². The minimum Gasteiger partial charge on any atom is -0.389 e. The van der Waals surface area contributed by atoms with Crippen LogP contribution in [0.1, 0.15) is 0 Å². The largest absolute Gasteiger partial charge is 0.389 e. The Balaban J connectivity index is 0.00000144. The quantitative estimate of drug-likeness (QED) is 0.732. The normalized spacial score (nSPS) is 14.7. The van der Waals surface area contributed by atoms with E-state index in [0.717, 1.165) is 0 Å². The molecule has 1 aromatic heterocycles. The van der Waals surface area contributed by atoms with Crippen molar-refractivity contribution in [1.82, 2.24) is 9.78 Å². The molecule has 1 aromatic rings. The molecule has 0 amide bonds. The molecule has 0 fully saturated rings. The molecule has 0 radical (unpaired) electrons. The molecule has 0 aliphatic heterocycles. The number of aliphatic hydroxyl groups is 1. The van der Waals surface area contributed by atoms with E-state index in [1.807, 2.05) is 0 Å². The standard InChI is InChI=1S/C7H12FN3O.ClH/c8-4-7(12)6(9)5-11-3-1-2-10-11;/h1-3,6-7,12H,4-5,9H2;1H. The molecular weight excluding hydrogens is 197 g/mol. The van der Waals surface area contributed by atoms with Gasteiger partial charge in [-0.1, -0.05) is 0 Å². The number of rotatable bonds is 4. The van der Waals surface area contributed by atoms with E-state index in [1.54, 1.807) is 23.1 Å². The first kappa shape index (κ1) is 12.3. The number of alkyl halides is 1. The monoisotopic (exact) mass is 209 g/mol. The van der Waals surface area contributed by atoms with Gasteiger partial charge in [0.2, 0.25) is 0 Å². The lowest BCUT2D eigenvalue weighted by atomic mass is 10.2. The molecule has 0 spiro atoms. The third kappa shape index (κ3) is 3.71. The second kappa shape index (κ2) is 5.90. The summed E-state index contributed by atoms with van der Waals surface area (Å²) in [6.45, 7) is -0.486. The van der Waals surface area contributed by atoms with Crippen LogP contribution in [-0.2, 0) is 6.54 Å². The summed E-state index contributed by atoms with van der Waals surface area (Å²) in [5, 5.41) is 12.9. The van der Waals surface area contributed by atoms with Crippen LogP contribution in [0.15, 0.2) is 18.5 Å². The number of aromatic nitrogens is 2. The Morgan fingerprint density at radius 3 is 2.77 bits per heavy atom. The van der Waals surface area contributed by atoms with Crippen molar-refractivity contribution < 1.29 is 9.50 Å². The van der Waals surface area contributed by atoms with Crippen molar-refractivity contribution >= 4 is 12.4 Å². The lowest BCUT2D eigenvalue weighted by Gasteiger charge is -2.15. The van der Waals surface area contributed by atoms with Crippen LogP contribution in [0.5, 0.6) is 0 Å². The van der Waals surface area contributed by atoms with Gasteiger partial charge < -0.3 is 10.8 Å². The minimum atomic E-state index is -1.10. The van der Waals surface area contributed by atoms with E-state index in [4.69, 9.17) is 10.8 Å². The minimum absolute atomic E-state index is 0. The molecule has 0 aliphatic carbocycles. The maximum absolute atomic E-state index is 11.9. The van der Waals surface area contributed by atoms with E-state index in [-0.39, 0.29) is 12.4 Å². The van der Waals surface area contributed by atoms with E-state index < -0.39 is 18.8 Å². The zero-order chi connectivity index (χ0) is 8.97. The number of halogens is 2. The summed E-state index contributed by atoms with van der Waals surface area (Å²) in [7, 11) is 0. The molecule has 1 rings (SSSR count).